The van der Waals surface area contributed by atoms with E-state index in [0.717, 1.165) is 42.7 Å². The molecule has 3 heterocycles. The molecule has 28 heavy (non-hydrogen) atoms. The summed E-state index contributed by atoms with van der Waals surface area (Å²) in [5, 5.41) is 8.95. The number of amides is 1. The highest BCUT2D eigenvalue weighted by molar-refractivity contribution is 5.79. The van der Waals surface area contributed by atoms with Gasteiger partial charge in [0.15, 0.2) is 11.5 Å². The molecule has 150 valence electrons. The third-order valence-electron chi connectivity index (χ3n) is 5.89. The lowest BCUT2D eigenvalue weighted by Gasteiger charge is -2.26. The number of carbonyl (C=O) groups excluding carboxylic acids is 1. The van der Waals surface area contributed by atoms with Crippen LogP contribution in [-0.4, -0.2) is 59.9 Å². The van der Waals surface area contributed by atoms with Gasteiger partial charge in [-0.05, 0) is 30.5 Å². The zero-order chi connectivity index (χ0) is 19.8. The van der Waals surface area contributed by atoms with E-state index in [1.54, 1.807) is 19.1 Å². The fourth-order valence-corrected chi connectivity index (χ4v) is 4.39. The molecule has 0 saturated carbocycles. The Bertz CT molecular complexity index is 881. The van der Waals surface area contributed by atoms with Crippen molar-refractivity contribution < 1.29 is 14.3 Å². The second kappa shape index (κ2) is 7.33. The molecule has 4 rings (SSSR count). The second-order valence-corrected chi connectivity index (χ2v) is 7.56. The van der Waals surface area contributed by atoms with Crippen LogP contribution in [0.3, 0.4) is 0 Å². The lowest BCUT2D eigenvalue weighted by Crippen LogP contribution is -2.26. The van der Waals surface area contributed by atoms with Gasteiger partial charge in [0.25, 0.3) is 0 Å². The summed E-state index contributed by atoms with van der Waals surface area (Å²) in [7, 11) is 7.14. The van der Waals surface area contributed by atoms with E-state index in [-0.39, 0.29) is 17.9 Å². The van der Waals surface area contributed by atoms with Crippen molar-refractivity contribution in [1.82, 2.24) is 19.7 Å². The van der Waals surface area contributed by atoms with Crippen LogP contribution in [0.5, 0.6) is 11.5 Å². The largest absolute Gasteiger partial charge is 0.493 e. The normalized spacial score (nSPS) is 22.2. The number of aromatic nitrogens is 3. The highest BCUT2D eigenvalue weighted by atomic mass is 16.5. The van der Waals surface area contributed by atoms with Gasteiger partial charge in [-0.1, -0.05) is 6.07 Å². The molecule has 2 aromatic rings. The molecule has 0 bridgehead atoms. The van der Waals surface area contributed by atoms with Crippen molar-refractivity contribution in [3.05, 3.63) is 29.6 Å². The van der Waals surface area contributed by atoms with Gasteiger partial charge in [0, 0.05) is 39.5 Å². The Morgan fingerprint density at radius 1 is 1.11 bits per heavy atom. The molecule has 8 nitrogen and oxygen atoms in total. The van der Waals surface area contributed by atoms with Gasteiger partial charge in [-0.25, -0.2) is 0 Å². The summed E-state index contributed by atoms with van der Waals surface area (Å²) in [6.07, 6.45) is 2.63. The van der Waals surface area contributed by atoms with Gasteiger partial charge in [0.05, 0.1) is 20.3 Å². The molecule has 2 unspecified atom stereocenters. The highest BCUT2D eigenvalue weighted by Gasteiger charge is 2.35. The molecule has 0 radical (unpaired) electrons. The van der Waals surface area contributed by atoms with E-state index in [0.29, 0.717) is 13.0 Å². The Morgan fingerprint density at radius 3 is 2.57 bits per heavy atom. The molecule has 0 N–H and O–H groups in total. The van der Waals surface area contributed by atoms with Crippen molar-refractivity contribution in [3.8, 4) is 11.5 Å². The van der Waals surface area contributed by atoms with Gasteiger partial charge >= 0.3 is 0 Å². The minimum Gasteiger partial charge on any atom is -0.493 e. The summed E-state index contributed by atoms with van der Waals surface area (Å²) in [5.74, 6) is 3.47. The maximum Gasteiger partial charge on any atom is 0.227 e. The van der Waals surface area contributed by atoms with Crippen LogP contribution in [0.4, 0.5) is 5.95 Å². The predicted molar refractivity (Wildman–Crippen MR) is 105 cm³/mol. The number of rotatable bonds is 5. The van der Waals surface area contributed by atoms with Crippen LogP contribution >= 0.6 is 0 Å². The summed E-state index contributed by atoms with van der Waals surface area (Å²) in [6, 6.07) is 6.30. The Hall–Kier alpha value is -2.77. The molecule has 2 aliphatic heterocycles. The van der Waals surface area contributed by atoms with Crippen molar-refractivity contribution in [3.63, 3.8) is 0 Å². The van der Waals surface area contributed by atoms with Crippen molar-refractivity contribution in [2.24, 2.45) is 7.05 Å². The van der Waals surface area contributed by atoms with E-state index in [9.17, 15) is 4.79 Å². The van der Waals surface area contributed by atoms with Gasteiger partial charge < -0.3 is 23.8 Å². The summed E-state index contributed by atoms with van der Waals surface area (Å²) < 4.78 is 12.9. The number of nitrogens with zero attached hydrogens (tertiary/aromatic N) is 5. The van der Waals surface area contributed by atoms with E-state index in [1.165, 1.54) is 5.56 Å². The topological polar surface area (TPSA) is 72.7 Å². The number of likely N-dealkylation sites (N-methyl/N-ethyl adjacent to an activating group) is 1. The molecule has 2 saturated heterocycles. The first-order valence-electron chi connectivity index (χ1n) is 9.65. The van der Waals surface area contributed by atoms with Gasteiger partial charge in [0.1, 0.15) is 5.82 Å². The molecule has 2 atom stereocenters. The zero-order valence-corrected chi connectivity index (χ0v) is 16.9. The Balaban J connectivity index is 1.62. The maximum absolute atomic E-state index is 11.9. The van der Waals surface area contributed by atoms with Crippen LogP contribution in [0.1, 0.15) is 42.6 Å². The van der Waals surface area contributed by atoms with Crippen molar-refractivity contribution in [2.75, 3.05) is 39.3 Å². The van der Waals surface area contributed by atoms with Crippen LogP contribution in [-0.2, 0) is 11.8 Å². The van der Waals surface area contributed by atoms with Gasteiger partial charge in [-0.2, -0.15) is 0 Å². The first kappa shape index (κ1) is 18.6. The number of benzene rings is 1. The molecule has 0 aliphatic carbocycles. The lowest BCUT2D eigenvalue weighted by molar-refractivity contribution is -0.126. The monoisotopic (exact) mass is 385 g/mol. The van der Waals surface area contributed by atoms with E-state index < -0.39 is 0 Å². The molecule has 2 aliphatic rings. The van der Waals surface area contributed by atoms with Crippen LogP contribution in [0.15, 0.2) is 18.2 Å². The third kappa shape index (κ3) is 3.06. The molecular weight excluding hydrogens is 358 g/mol. The average molecular weight is 385 g/mol. The molecule has 1 aromatic heterocycles. The van der Waals surface area contributed by atoms with E-state index in [2.05, 4.69) is 25.7 Å². The van der Waals surface area contributed by atoms with Crippen molar-refractivity contribution >= 4 is 11.9 Å². The third-order valence-corrected chi connectivity index (χ3v) is 5.89. The number of hydrogen-bond acceptors (Lipinski definition) is 6. The standard InChI is InChI=1S/C20H27N5O3/c1-23-12-14(11-18(23)26)19-21-22-20(24(19)2)25-9-5-6-15(25)13-7-8-16(27-3)17(10-13)28-4/h7-8,10,14-15H,5-6,9,11-12H2,1-4H3. The van der Waals surface area contributed by atoms with Crippen LogP contribution in [0.2, 0.25) is 0 Å². The average Bonchev–Trinajstić information content (AvgIpc) is 3.40. The smallest absolute Gasteiger partial charge is 0.227 e. The van der Waals surface area contributed by atoms with Gasteiger partial charge in [-0.15, -0.1) is 10.2 Å². The van der Waals surface area contributed by atoms with E-state index in [4.69, 9.17) is 9.47 Å². The number of likely N-dealkylation sites (tertiary alicyclic amines) is 1. The maximum atomic E-state index is 11.9. The first-order valence-corrected chi connectivity index (χ1v) is 9.65. The van der Waals surface area contributed by atoms with Gasteiger partial charge in [0.2, 0.25) is 11.9 Å². The van der Waals surface area contributed by atoms with Crippen LogP contribution in [0.25, 0.3) is 0 Å². The molecule has 8 heteroatoms. The van der Waals surface area contributed by atoms with Gasteiger partial charge in [-0.3, -0.25) is 4.79 Å². The SMILES string of the molecule is COc1ccc(C2CCCN2c2nnc(C3CC(=O)N(C)C3)n2C)cc1OC. The summed E-state index contributed by atoms with van der Waals surface area (Å²) in [6.45, 7) is 1.62. The minimum absolute atomic E-state index is 0.103. The summed E-state index contributed by atoms with van der Waals surface area (Å²) in [5.41, 5.74) is 1.18. The van der Waals surface area contributed by atoms with Crippen molar-refractivity contribution in [2.45, 2.75) is 31.2 Å². The molecule has 0 spiro atoms. The first-order chi connectivity index (χ1) is 13.5. The molecule has 2 fully saturated rings. The number of hydrogen-bond donors (Lipinski definition) is 0. The Labute approximate surface area is 165 Å². The number of methoxy groups -OCH3 is 2. The van der Waals surface area contributed by atoms with Crippen molar-refractivity contribution in [1.29, 1.82) is 0 Å². The Morgan fingerprint density at radius 2 is 1.89 bits per heavy atom. The van der Waals surface area contributed by atoms with E-state index in [1.807, 2.05) is 26.2 Å². The van der Waals surface area contributed by atoms with Crippen LogP contribution in [0, 0.1) is 0 Å². The lowest BCUT2D eigenvalue weighted by atomic mass is 10.0. The summed E-state index contributed by atoms with van der Waals surface area (Å²) in [4.78, 5) is 16.0. The predicted octanol–water partition coefficient (Wildman–Crippen LogP) is 2.12. The second-order valence-electron chi connectivity index (χ2n) is 7.56. The molecule has 1 amide bonds. The van der Waals surface area contributed by atoms with E-state index >= 15 is 0 Å². The summed E-state index contributed by atoms with van der Waals surface area (Å²) >= 11 is 0. The fourth-order valence-electron chi connectivity index (χ4n) is 4.39. The fraction of sp³-hybridized carbons (Fsp3) is 0.550. The van der Waals surface area contributed by atoms with Crippen LogP contribution < -0.4 is 14.4 Å². The Kier molecular flexibility index (Phi) is 4.87. The molecular formula is C20H27N5O3. The highest BCUT2D eigenvalue weighted by Crippen LogP contribution is 2.39. The number of ether oxygens (including phenoxy) is 2. The number of carbonyl (C=O) groups is 1. The quantitative estimate of drug-likeness (QED) is 0.785. The minimum atomic E-state index is 0.103. The number of anilines is 1. The molecule has 1 aromatic carbocycles. The zero-order valence-electron chi connectivity index (χ0n) is 16.9.